The molecule has 26 heavy (non-hydrogen) atoms. The van der Waals surface area contributed by atoms with E-state index in [0.29, 0.717) is 30.6 Å². The summed E-state index contributed by atoms with van der Waals surface area (Å²) >= 11 is 6.19. The lowest BCUT2D eigenvalue weighted by atomic mass is 10.0. The number of benzene rings is 1. The molecule has 1 aliphatic heterocycles. The zero-order chi connectivity index (χ0) is 18.4. The third-order valence-electron chi connectivity index (χ3n) is 4.74. The SMILES string of the molecule is NCCC(=O)NCC1CCCCN1Cc1ccc(Cl)cc1-n1cncn1. The molecule has 8 heteroatoms. The Morgan fingerprint density at radius 1 is 1.38 bits per heavy atom. The molecule has 1 fully saturated rings. The molecule has 0 radical (unpaired) electrons. The van der Waals surface area contributed by atoms with E-state index in [1.165, 1.54) is 19.2 Å². The number of nitrogens with zero attached hydrogens (tertiary/aromatic N) is 4. The molecule has 3 rings (SSSR count). The van der Waals surface area contributed by atoms with E-state index in [1.807, 2.05) is 18.2 Å². The molecule has 3 N–H and O–H groups in total. The highest BCUT2D eigenvalue weighted by molar-refractivity contribution is 6.30. The lowest BCUT2D eigenvalue weighted by Gasteiger charge is -2.36. The average molecular weight is 377 g/mol. The van der Waals surface area contributed by atoms with Crippen molar-refractivity contribution in [2.45, 2.75) is 38.3 Å². The monoisotopic (exact) mass is 376 g/mol. The number of aromatic nitrogens is 3. The van der Waals surface area contributed by atoms with Crippen molar-refractivity contribution in [3.63, 3.8) is 0 Å². The van der Waals surface area contributed by atoms with Crippen LogP contribution in [-0.4, -0.2) is 51.2 Å². The molecule has 7 nitrogen and oxygen atoms in total. The first-order chi connectivity index (χ1) is 12.7. The molecule has 0 spiro atoms. The van der Waals surface area contributed by atoms with Gasteiger partial charge in [-0.25, -0.2) is 9.67 Å². The minimum Gasteiger partial charge on any atom is -0.354 e. The van der Waals surface area contributed by atoms with Crippen LogP contribution < -0.4 is 11.1 Å². The van der Waals surface area contributed by atoms with Crippen molar-refractivity contribution < 1.29 is 4.79 Å². The van der Waals surface area contributed by atoms with Crippen LogP contribution in [0.4, 0.5) is 0 Å². The Balaban J connectivity index is 1.73. The van der Waals surface area contributed by atoms with Gasteiger partial charge >= 0.3 is 0 Å². The van der Waals surface area contributed by atoms with Crippen molar-refractivity contribution in [2.75, 3.05) is 19.6 Å². The molecule has 1 aromatic carbocycles. The second-order valence-corrected chi connectivity index (χ2v) is 7.01. The number of likely N-dealkylation sites (tertiary alicyclic amines) is 1. The van der Waals surface area contributed by atoms with Gasteiger partial charge in [0.15, 0.2) is 0 Å². The second-order valence-electron chi connectivity index (χ2n) is 6.58. The normalized spacial score (nSPS) is 18.0. The number of hydrogen-bond donors (Lipinski definition) is 2. The van der Waals surface area contributed by atoms with Gasteiger partial charge in [-0.15, -0.1) is 0 Å². The molecule has 140 valence electrons. The van der Waals surface area contributed by atoms with Gasteiger partial charge in [-0.1, -0.05) is 24.1 Å². The van der Waals surface area contributed by atoms with Gasteiger partial charge in [-0.05, 0) is 37.1 Å². The van der Waals surface area contributed by atoms with Crippen molar-refractivity contribution in [1.29, 1.82) is 0 Å². The number of nitrogens with one attached hydrogen (secondary N) is 1. The van der Waals surface area contributed by atoms with Gasteiger partial charge in [0.25, 0.3) is 0 Å². The van der Waals surface area contributed by atoms with E-state index in [-0.39, 0.29) is 5.91 Å². The molecule has 1 unspecified atom stereocenters. The van der Waals surface area contributed by atoms with E-state index in [9.17, 15) is 4.79 Å². The van der Waals surface area contributed by atoms with Crippen LogP contribution >= 0.6 is 11.6 Å². The van der Waals surface area contributed by atoms with Crippen molar-refractivity contribution in [1.82, 2.24) is 25.0 Å². The van der Waals surface area contributed by atoms with Crippen LogP contribution in [0.5, 0.6) is 0 Å². The number of piperidine rings is 1. The molecule has 1 aromatic heterocycles. The molecule has 0 aliphatic carbocycles. The van der Waals surface area contributed by atoms with Gasteiger partial charge in [-0.2, -0.15) is 5.10 Å². The quantitative estimate of drug-likeness (QED) is 0.768. The minimum atomic E-state index is 0.0211. The van der Waals surface area contributed by atoms with Crippen LogP contribution in [0.1, 0.15) is 31.2 Å². The fourth-order valence-electron chi connectivity index (χ4n) is 3.39. The van der Waals surface area contributed by atoms with E-state index in [0.717, 1.165) is 30.8 Å². The summed E-state index contributed by atoms with van der Waals surface area (Å²) in [6.45, 7) is 2.83. The molecule has 1 aliphatic rings. The fourth-order valence-corrected chi connectivity index (χ4v) is 3.55. The minimum absolute atomic E-state index is 0.0211. The van der Waals surface area contributed by atoms with E-state index in [4.69, 9.17) is 17.3 Å². The molecule has 1 atom stereocenters. The highest BCUT2D eigenvalue weighted by atomic mass is 35.5. The number of rotatable bonds is 7. The number of carbonyl (C=O) groups is 1. The lowest BCUT2D eigenvalue weighted by Crippen LogP contribution is -2.46. The molecule has 2 aromatic rings. The highest BCUT2D eigenvalue weighted by Gasteiger charge is 2.24. The van der Waals surface area contributed by atoms with Crippen molar-refractivity contribution in [2.24, 2.45) is 5.73 Å². The summed E-state index contributed by atoms with van der Waals surface area (Å²) in [5.74, 6) is 0.0211. The smallest absolute Gasteiger partial charge is 0.221 e. The molecular weight excluding hydrogens is 352 g/mol. The fraction of sp³-hybridized carbons (Fsp3) is 0.500. The molecule has 1 amide bonds. The largest absolute Gasteiger partial charge is 0.354 e. The maximum atomic E-state index is 11.8. The van der Waals surface area contributed by atoms with E-state index in [1.54, 1.807) is 11.0 Å². The number of amides is 1. The Bertz CT molecular complexity index is 720. The molecule has 2 heterocycles. The average Bonchev–Trinajstić information content (AvgIpc) is 3.17. The third-order valence-corrected chi connectivity index (χ3v) is 4.98. The lowest BCUT2D eigenvalue weighted by molar-refractivity contribution is -0.121. The summed E-state index contributed by atoms with van der Waals surface area (Å²) in [5.41, 5.74) is 7.52. The van der Waals surface area contributed by atoms with Gasteiger partial charge in [0.1, 0.15) is 12.7 Å². The third kappa shape index (κ3) is 4.81. The summed E-state index contributed by atoms with van der Waals surface area (Å²) in [6, 6.07) is 6.18. The number of nitrogens with two attached hydrogens (primary N) is 1. The highest BCUT2D eigenvalue weighted by Crippen LogP contribution is 2.24. The Labute approximate surface area is 158 Å². The Morgan fingerprint density at radius 2 is 2.27 bits per heavy atom. The zero-order valence-electron chi connectivity index (χ0n) is 14.8. The Hall–Kier alpha value is -1.96. The number of hydrogen-bond acceptors (Lipinski definition) is 5. The van der Waals surface area contributed by atoms with Crippen molar-refractivity contribution in [3.05, 3.63) is 41.4 Å². The van der Waals surface area contributed by atoms with Crippen LogP contribution in [0.3, 0.4) is 0 Å². The first-order valence-corrected chi connectivity index (χ1v) is 9.39. The Morgan fingerprint density at radius 3 is 3.04 bits per heavy atom. The summed E-state index contributed by atoms with van der Waals surface area (Å²) in [6.07, 6.45) is 7.00. The van der Waals surface area contributed by atoms with Crippen LogP contribution in [0.25, 0.3) is 5.69 Å². The van der Waals surface area contributed by atoms with Gasteiger partial charge in [0.05, 0.1) is 5.69 Å². The number of halogens is 1. The van der Waals surface area contributed by atoms with Crippen molar-refractivity contribution in [3.8, 4) is 5.69 Å². The standard InChI is InChI=1S/C18H25ClN6O/c19-15-5-4-14(17(9-15)25-13-21-12-23-25)11-24-8-2-1-3-16(24)10-22-18(26)6-7-20/h4-5,9,12-13,16H,1-3,6-8,10-11,20H2,(H,22,26). The topological polar surface area (TPSA) is 89.1 Å². The van der Waals surface area contributed by atoms with Crippen LogP contribution in [0, 0.1) is 0 Å². The van der Waals surface area contributed by atoms with Gasteiger partial charge in [0.2, 0.25) is 5.91 Å². The predicted octanol–water partition coefficient (Wildman–Crippen LogP) is 1.74. The van der Waals surface area contributed by atoms with Gasteiger partial charge in [0, 0.05) is 37.1 Å². The summed E-state index contributed by atoms with van der Waals surface area (Å²) in [5, 5.41) is 7.92. The van der Waals surface area contributed by atoms with Crippen molar-refractivity contribution >= 4 is 17.5 Å². The molecule has 0 saturated carbocycles. The summed E-state index contributed by atoms with van der Waals surface area (Å²) in [7, 11) is 0. The van der Waals surface area contributed by atoms with E-state index in [2.05, 4.69) is 20.3 Å². The second kappa shape index (κ2) is 9.12. The van der Waals surface area contributed by atoms with Crippen LogP contribution in [0.2, 0.25) is 5.02 Å². The summed E-state index contributed by atoms with van der Waals surface area (Å²) < 4.78 is 1.74. The van der Waals surface area contributed by atoms with Gasteiger partial charge in [-0.3, -0.25) is 9.69 Å². The Kier molecular flexibility index (Phi) is 6.60. The first kappa shape index (κ1) is 18.8. The van der Waals surface area contributed by atoms with E-state index >= 15 is 0 Å². The predicted molar refractivity (Wildman–Crippen MR) is 101 cm³/mol. The zero-order valence-corrected chi connectivity index (χ0v) is 15.5. The van der Waals surface area contributed by atoms with Crippen LogP contribution in [-0.2, 0) is 11.3 Å². The molecule has 1 saturated heterocycles. The first-order valence-electron chi connectivity index (χ1n) is 9.01. The summed E-state index contributed by atoms with van der Waals surface area (Å²) in [4.78, 5) is 18.2. The van der Waals surface area contributed by atoms with Gasteiger partial charge < -0.3 is 11.1 Å². The maximum Gasteiger partial charge on any atom is 0.221 e. The maximum absolute atomic E-state index is 11.8. The number of carbonyl (C=O) groups excluding carboxylic acids is 1. The molecular formula is C18H25ClN6O. The molecule has 0 bridgehead atoms. The van der Waals surface area contributed by atoms with E-state index < -0.39 is 0 Å². The van der Waals surface area contributed by atoms with Crippen LogP contribution in [0.15, 0.2) is 30.9 Å².